The van der Waals surface area contributed by atoms with Crippen molar-refractivity contribution in [3.05, 3.63) is 0 Å². The van der Waals surface area contributed by atoms with Crippen molar-refractivity contribution < 1.29 is 19.1 Å². The molecule has 1 amide bonds. The molecule has 13 heavy (non-hydrogen) atoms. The van der Waals surface area contributed by atoms with E-state index in [-0.39, 0.29) is 17.0 Å². The molecule has 0 saturated heterocycles. The standard InChI is InChI=1S/C6H11FN2O3.BrH/c1-3(8)5(10)9-4(2-7)6(11)12;/h3-4H,2,8H2,1H3,(H,9,10)(H,11,12);1H/t3-,4+;/m0./s1. The molecule has 0 saturated carbocycles. The maximum Gasteiger partial charge on any atom is 0.328 e. The van der Waals surface area contributed by atoms with Gasteiger partial charge in [-0.2, -0.15) is 0 Å². The third-order valence-electron chi connectivity index (χ3n) is 1.18. The van der Waals surface area contributed by atoms with Gasteiger partial charge in [0.25, 0.3) is 0 Å². The normalized spacial score (nSPS) is 13.8. The molecule has 0 aromatic heterocycles. The lowest BCUT2D eigenvalue weighted by Crippen LogP contribution is -2.48. The Morgan fingerprint density at radius 2 is 2.08 bits per heavy atom. The van der Waals surface area contributed by atoms with Crippen LogP contribution in [0.25, 0.3) is 0 Å². The fraction of sp³-hybridized carbons (Fsp3) is 0.667. The quantitative estimate of drug-likeness (QED) is 0.631. The second kappa shape index (κ2) is 6.79. The first-order chi connectivity index (χ1) is 5.49. The van der Waals surface area contributed by atoms with Crippen LogP contribution in [0, 0.1) is 0 Å². The number of carbonyl (C=O) groups is 2. The number of nitrogens with one attached hydrogen (secondary N) is 1. The molecule has 0 aromatic carbocycles. The number of carboxylic acids is 1. The van der Waals surface area contributed by atoms with Gasteiger partial charge in [-0.25, -0.2) is 9.18 Å². The van der Waals surface area contributed by atoms with Gasteiger partial charge in [0.2, 0.25) is 5.91 Å². The van der Waals surface area contributed by atoms with Crippen molar-refractivity contribution in [2.45, 2.75) is 19.0 Å². The molecule has 0 aliphatic heterocycles. The maximum absolute atomic E-state index is 11.9. The highest BCUT2D eigenvalue weighted by molar-refractivity contribution is 8.93. The number of hydrogen-bond donors (Lipinski definition) is 3. The number of nitrogens with two attached hydrogens (primary N) is 1. The Hall–Kier alpha value is -0.690. The van der Waals surface area contributed by atoms with Crippen molar-refractivity contribution in [2.24, 2.45) is 5.73 Å². The van der Waals surface area contributed by atoms with Crippen molar-refractivity contribution >= 4 is 28.9 Å². The Bertz CT molecular complexity index is 189. The van der Waals surface area contributed by atoms with E-state index in [2.05, 4.69) is 0 Å². The number of carboxylic acid groups (broad SMARTS) is 1. The lowest BCUT2D eigenvalue weighted by molar-refractivity contribution is -0.142. The smallest absolute Gasteiger partial charge is 0.328 e. The summed E-state index contributed by atoms with van der Waals surface area (Å²) in [6.45, 7) is 0.236. The van der Waals surface area contributed by atoms with Gasteiger partial charge in [0.15, 0.2) is 6.04 Å². The Morgan fingerprint density at radius 1 is 1.62 bits per heavy atom. The molecular weight excluding hydrogens is 247 g/mol. The zero-order valence-electron chi connectivity index (χ0n) is 6.99. The molecule has 0 aromatic rings. The first kappa shape index (κ1) is 14.8. The van der Waals surface area contributed by atoms with Gasteiger partial charge in [-0.15, -0.1) is 17.0 Å². The summed E-state index contributed by atoms with van der Waals surface area (Å²) in [6, 6.07) is -2.33. The van der Waals surface area contributed by atoms with Crippen molar-refractivity contribution in [1.29, 1.82) is 0 Å². The summed E-state index contributed by atoms with van der Waals surface area (Å²) in [4.78, 5) is 20.9. The predicted octanol–water partition coefficient (Wildman–Crippen LogP) is -0.550. The third kappa shape index (κ3) is 5.53. The van der Waals surface area contributed by atoms with Crippen LogP contribution in [-0.2, 0) is 9.59 Å². The van der Waals surface area contributed by atoms with Gasteiger partial charge in [0.05, 0.1) is 6.04 Å². The number of hydrogen-bond acceptors (Lipinski definition) is 3. The molecule has 0 aliphatic carbocycles. The minimum Gasteiger partial charge on any atom is -0.480 e. The molecule has 5 nitrogen and oxygen atoms in total. The number of carbonyl (C=O) groups excluding carboxylic acids is 1. The van der Waals surface area contributed by atoms with E-state index >= 15 is 0 Å². The molecule has 0 heterocycles. The molecule has 0 radical (unpaired) electrons. The van der Waals surface area contributed by atoms with Gasteiger partial charge < -0.3 is 16.2 Å². The second-order valence-corrected chi connectivity index (χ2v) is 2.34. The maximum atomic E-state index is 11.9. The van der Waals surface area contributed by atoms with Gasteiger partial charge in [0.1, 0.15) is 6.67 Å². The molecule has 0 spiro atoms. The topological polar surface area (TPSA) is 92.4 Å². The van der Waals surface area contributed by atoms with Crippen molar-refractivity contribution in [3.63, 3.8) is 0 Å². The van der Waals surface area contributed by atoms with Gasteiger partial charge in [-0.05, 0) is 6.92 Å². The van der Waals surface area contributed by atoms with Crippen LogP contribution < -0.4 is 11.1 Å². The van der Waals surface area contributed by atoms with E-state index in [0.717, 1.165) is 0 Å². The van der Waals surface area contributed by atoms with Crippen LogP contribution in [0.5, 0.6) is 0 Å². The van der Waals surface area contributed by atoms with Crippen molar-refractivity contribution in [3.8, 4) is 0 Å². The summed E-state index contributed by atoms with van der Waals surface area (Å²) in [5.74, 6) is -2.09. The fourth-order valence-electron chi connectivity index (χ4n) is 0.469. The van der Waals surface area contributed by atoms with Gasteiger partial charge in [0, 0.05) is 0 Å². The molecule has 4 N–H and O–H groups in total. The zero-order valence-corrected chi connectivity index (χ0v) is 8.70. The number of rotatable bonds is 4. The highest BCUT2D eigenvalue weighted by Gasteiger charge is 2.20. The van der Waals surface area contributed by atoms with E-state index in [4.69, 9.17) is 10.8 Å². The van der Waals surface area contributed by atoms with Crippen LogP contribution in [0.4, 0.5) is 4.39 Å². The number of halogens is 2. The van der Waals surface area contributed by atoms with E-state index < -0.39 is 30.6 Å². The first-order valence-corrected chi connectivity index (χ1v) is 3.33. The van der Waals surface area contributed by atoms with Crippen LogP contribution in [-0.4, -0.2) is 35.7 Å². The van der Waals surface area contributed by atoms with Crippen molar-refractivity contribution in [2.75, 3.05) is 6.67 Å². The van der Waals surface area contributed by atoms with Gasteiger partial charge in [-0.1, -0.05) is 0 Å². The van der Waals surface area contributed by atoms with Crippen LogP contribution in [0.2, 0.25) is 0 Å². The Labute approximate surface area is 85.2 Å². The average Bonchev–Trinajstić information content (AvgIpc) is 1.98. The Balaban J connectivity index is 0. The highest BCUT2D eigenvalue weighted by atomic mass is 79.9. The molecule has 0 aliphatic rings. The van der Waals surface area contributed by atoms with Crippen molar-refractivity contribution in [1.82, 2.24) is 5.32 Å². The molecule has 0 rings (SSSR count). The summed E-state index contributed by atoms with van der Waals surface area (Å²) in [5.41, 5.74) is 5.11. The predicted molar refractivity (Wildman–Crippen MR) is 49.5 cm³/mol. The first-order valence-electron chi connectivity index (χ1n) is 3.33. The minimum absolute atomic E-state index is 0. The van der Waals surface area contributed by atoms with Crippen LogP contribution in [0.1, 0.15) is 6.92 Å². The summed E-state index contributed by atoms with van der Waals surface area (Å²) >= 11 is 0. The summed E-state index contributed by atoms with van der Waals surface area (Å²) < 4.78 is 11.9. The highest BCUT2D eigenvalue weighted by Crippen LogP contribution is 1.87. The molecule has 78 valence electrons. The molecule has 0 fully saturated rings. The third-order valence-corrected chi connectivity index (χ3v) is 1.18. The molecule has 0 bridgehead atoms. The van der Waals surface area contributed by atoms with Crippen LogP contribution >= 0.6 is 17.0 Å². The lowest BCUT2D eigenvalue weighted by atomic mass is 10.3. The average molecular weight is 259 g/mol. The van der Waals surface area contributed by atoms with E-state index in [9.17, 15) is 14.0 Å². The van der Waals surface area contributed by atoms with Gasteiger partial charge >= 0.3 is 5.97 Å². The SMILES string of the molecule is Br.C[C@H](N)C(=O)N[C@H](CF)C(=O)O. The van der Waals surface area contributed by atoms with E-state index in [0.29, 0.717) is 0 Å². The van der Waals surface area contributed by atoms with E-state index in [1.165, 1.54) is 6.92 Å². The number of amides is 1. The number of aliphatic carboxylic acids is 1. The zero-order chi connectivity index (χ0) is 9.72. The van der Waals surface area contributed by atoms with Crippen LogP contribution in [0.15, 0.2) is 0 Å². The van der Waals surface area contributed by atoms with E-state index in [1.54, 1.807) is 0 Å². The van der Waals surface area contributed by atoms with Gasteiger partial charge in [-0.3, -0.25) is 4.79 Å². The molecular formula is C6H12BrFN2O3. The number of alkyl halides is 1. The monoisotopic (exact) mass is 258 g/mol. The summed E-state index contributed by atoms with van der Waals surface area (Å²) in [7, 11) is 0. The Kier molecular flexibility index (Phi) is 7.73. The molecule has 7 heteroatoms. The summed E-state index contributed by atoms with van der Waals surface area (Å²) in [6.07, 6.45) is 0. The van der Waals surface area contributed by atoms with E-state index in [1.807, 2.05) is 5.32 Å². The Morgan fingerprint density at radius 3 is 2.31 bits per heavy atom. The molecule has 0 unspecified atom stereocenters. The lowest BCUT2D eigenvalue weighted by Gasteiger charge is -2.12. The summed E-state index contributed by atoms with van der Waals surface area (Å²) in [5, 5.41) is 10.2. The fourth-order valence-corrected chi connectivity index (χ4v) is 0.469. The molecule has 2 atom stereocenters. The largest absolute Gasteiger partial charge is 0.480 e. The second-order valence-electron chi connectivity index (χ2n) is 2.34. The minimum atomic E-state index is -1.50. The van der Waals surface area contributed by atoms with Crippen LogP contribution in [0.3, 0.4) is 0 Å².